The second-order valence-electron chi connectivity index (χ2n) is 4.77. The van der Waals surface area contributed by atoms with Crippen LogP contribution in [0, 0.1) is 11.3 Å². The molecule has 0 bridgehead atoms. The maximum absolute atomic E-state index is 9.23. The van der Waals surface area contributed by atoms with Gasteiger partial charge in [0.2, 0.25) is 5.75 Å². The van der Waals surface area contributed by atoms with Gasteiger partial charge in [-0.05, 0) is 29.8 Å². The number of ether oxygens (including phenoxy) is 5. The first kappa shape index (κ1) is 17.3. The fraction of sp³-hybridized carbons (Fsp3) is 0.278. The van der Waals surface area contributed by atoms with Gasteiger partial charge in [-0.3, -0.25) is 0 Å². The molecule has 24 heavy (non-hydrogen) atoms. The van der Waals surface area contributed by atoms with Crippen LogP contribution in [-0.4, -0.2) is 28.4 Å². The summed E-state index contributed by atoms with van der Waals surface area (Å²) in [6, 6.07) is 10.8. The number of rotatable bonds is 7. The van der Waals surface area contributed by atoms with E-state index >= 15 is 0 Å². The number of para-hydroxylation sites is 1. The Morgan fingerprint density at radius 2 is 1.46 bits per heavy atom. The molecule has 2 aromatic carbocycles. The molecule has 0 heterocycles. The average molecular weight is 329 g/mol. The molecule has 0 atom stereocenters. The SMILES string of the molecule is COc1cccc(C#N)c1OCc1cc(OC)c(OC)c(OC)c1. The molecule has 0 amide bonds. The quantitative estimate of drug-likeness (QED) is 0.777. The Morgan fingerprint density at radius 3 is 1.96 bits per heavy atom. The van der Waals surface area contributed by atoms with Crippen molar-refractivity contribution in [2.24, 2.45) is 0 Å². The minimum Gasteiger partial charge on any atom is -0.493 e. The third-order valence-electron chi connectivity index (χ3n) is 3.43. The van der Waals surface area contributed by atoms with Gasteiger partial charge in [-0.15, -0.1) is 0 Å². The lowest BCUT2D eigenvalue weighted by Gasteiger charge is -2.15. The van der Waals surface area contributed by atoms with Gasteiger partial charge < -0.3 is 23.7 Å². The third-order valence-corrected chi connectivity index (χ3v) is 3.43. The van der Waals surface area contributed by atoms with Gasteiger partial charge in [-0.25, -0.2) is 0 Å². The predicted molar refractivity (Wildman–Crippen MR) is 88.1 cm³/mol. The summed E-state index contributed by atoms with van der Waals surface area (Å²) in [6.45, 7) is 0.214. The molecule has 2 rings (SSSR count). The summed E-state index contributed by atoms with van der Waals surface area (Å²) in [5.41, 5.74) is 1.21. The molecule has 0 aromatic heterocycles. The molecule has 0 aliphatic carbocycles. The van der Waals surface area contributed by atoms with Crippen LogP contribution in [0.25, 0.3) is 0 Å². The number of hydrogen-bond acceptors (Lipinski definition) is 6. The van der Waals surface area contributed by atoms with Gasteiger partial charge in [0.25, 0.3) is 0 Å². The van der Waals surface area contributed by atoms with Gasteiger partial charge in [-0.1, -0.05) is 6.07 Å². The highest BCUT2D eigenvalue weighted by molar-refractivity contribution is 5.55. The largest absolute Gasteiger partial charge is 0.493 e. The highest BCUT2D eigenvalue weighted by Gasteiger charge is 2.15. The lowest BCUT2D eigenvalue weighted by Crippen LogP contribution is -2.02. The highest BCUT2D eigenvalue weighted by atomic mass is 16.5. The molecular formula is C18H19NO5. The molecule has 0 saturated carbocycles. The Hall–Kier alpha value is -3.07. The van der Waals surface area contributed by atoms with E-state index in [4.69, 9.17) is 23.7 Å². The van der Waals surface area contributed by atoms with Crippen molar-refractivity contribution < 1.29 is 23.7 Å². The van der Waals surface area contributed by atoms with Crippen molar-refractivity contribution in [2.75, 3.05) is 28.4 Å². The monoisotopic (exact) mass is 329 g/mol. The maximum Gasteiger partial charge on any atom is 0.203 e. The maximum atomic E-state index is 9.23. The van der Waals surface area contributed by atoms with Crippen LogP contribution in [0.4, 0.5) is 0 Å². The predicted octanol–water partition coefficient (Wildman–Crippen LogP) is 3.17. The molecule has 0 N–H and O–H groups in total. The van der Waals surface area contributed by atoms with Crippen molar-refractivity contribution in [3.8, 4) is 34.8 Å². The van der Waals surface area contributed by atoms with Crippen LogP contribution < -0.4 is 23.7 Å². The Balaban J connectivity index is 2.32. The molecule has 0 unspecified atom stereocenters. The fourth-order valence-corrected chi connectivity index (χ4v) is 2.29. The van der Waals surface area contributed by atoms with E-state index in [-0.39, 0.29) is 6.61 Å². The number of benzene rings is 2. The Bertz CT molecular complexity index is 727. The first-order chi connectivity index (χ1) is 11.7. The average Bonchev–Trinajstić information content (AvgIpc) is 2.64. The summed E-state index contributed by atoms with van der Waals surface area (Å²) < 4.78 is 27.0. The second kappa shape index (κ2) is 7.97. The molecule has 2 aromatic rings. The number of hydrogen-bond donors (Lipinski definition) is 0. The van der Waals surface area contributed by atoms with Gasteiger partial charge in [0.15, 0.2) is 23.0 Å². The highest BCUT2D eigenvalue weighted by Crippen LogP contribution is 2.39. The Morgan fingerprint density at radius 1 is 0.833 bits per heavy atom. The van der Waals surface area contributed by atoms with Crippen molar-refractivity contribution in [2.45, 2.75) is 6.61 Å². The molecule has 0 saturated heterocycles. The molecule has 6 nitrogen and oxygen atoms in total. The van der Waals surface area contributed by atoms with Gasteiger partial charge >= 0.3 is 0 Å². The van der Waals surface area contributed by atoms with Crippen LogP contribution in [0.2, 0.25) is 0 Å². The number of nitriles is 1. The molecular weight excluding hydrogens is 310 g/mol. The molecule has 126 valence electrons. The first-order valence-electron chi connectivity index (χ1n) is 7.17. The first-order valence-corrected chi connectivity index (χ1v) is 7.17. The van der Waals surface area contributed by atoms with E-state index in [9.17, 15) is 5.26 Å². The zero-order chi connectivity index (χ0) is 17.5. The van der Waals surface area contributed by atoms with E-state index in [0.717, 1.165) is 5.56 Å². The summed E-state index contributed by atoms with van der Waals surface area (Å²) in [5, 5.41) is 9.23. The van der Waals surface area contributed by atoms with Gasteiger partial charge in [-0.2, -0.15) is 5.26 Å². The lowest BCUT2D eigenvalue weighted by atomic mass is 10.1. The van der Waals surface area contributed by atoms with E-state index in [1.807, 2.05) is 0 Å². The molecule has 0 spiro atoms. The van der Waals surface area contributed by atoms with Crippen LogP contribution in [0.1, 0.15) is 11.1 Å². The van der Waals surface area contributed by atoms with Crippen LogP contribution in [0.15, 0.2) is 30.3 Å². The second-order valence-corrected chi connectivity index (χ2v) is 4.77. The van der Waals surface area contributed by atoms with E-state index in [1.165, 1.54) is 7.11 Å². The van der Waals surface area contributed by atoms with Gasteiger partial charge in [0.05, 0.1) is 34.0 Å². The van der Waals surface area contributed by atoms with Crippen LogP contribution in [0.3, 0.4) is 0 Å². The van der Waals surface area contributed by atoms with Crippen LogP contribution >= 0.6 is 0 Å². The topological polar surface area (TPSA) is 69.9 Å². The smallest absolute Gasteiger partial charge is 0.203 e. The van der Waals surface area contributed by atoms with E-state index in [1.54, 1.807) is 51.7 Å². The van der Waals surface area contributed by atoms with Gasteiger partial charge in [0, 0.05) is 0 Å². The van der Waals surface area contributed by atoms with Crippen molar-refractivity contribution in [3.63, 3.8) is 0 Å². The summed E-state index contributed by atoms with van der Waals surface area (Å²) in [4.78, 5) is 0. The third kappa shape index (κ3) is 3.46. The van der Waals surface area contributed by atoms with Gasteiger partial charge in [0.1, 0.15) is 12.7 Å². The standard InChI is InChI=1S/C18H19NO5/c1-20-14-7-5-6-13(10-19)17(14)24-11-12-8-15(21-2)18(23-4)16(9-12)22-3/h5-9H,11H2,1-4H3. The molecule has 0 radical (unpaired) electrons. The zero-order valence-corrected chi connectivity index (χ0v) is 14.1. The summed E-state index contributed by atoms with van der Waals surface area (Å²) in [5.74, 6) is 2.49. The van der Waals surface area contributed by atoms with Crippen molar-refractivity contribution in [3.05, 3.63) is 41.5 Å². The minimum atomic E-state index is 0.214. The van der Waals surface area contributed by atoms with Crippen molar-refractivity contribution in [1.82, 2.24) is 0 Å². The van der Waals surface area contributed by atoms with Crippen molar-refractivity contribution in [1.29, 1.82) is 5.26 Å². The van der Waals surface area contributed by atoms with Crippen LogP contribution in [0.5, 0.6) is 28.7 Å². The molecule has 6 heteroatoms. The van der Waals surface area contributed by atoms with Crippen LogP contribution in [-0.2, 0) is 6.61 Å². The van der Waals surface area contributed by atoms with E-state index in [0.29, 0.717) is 34.3 Å². The summed E-state index contributed by atoms with van der Waals surface area (Å²) >= 11 is 0. The normalized spacial score (nSPS) is 9.79. The Kier molecular flexibility index (Phi) is 5.74. The summed E-state index contributed by atoms with van der Waals surface area (Å²) in [6.07, 6.45) is 0. The molecule has 0 fully saturated rings. The van der Waals surface area contributed by atoms with Crippen molar-refractivity contribution >= 4 is 0 Å². The lowest BCUT2D eigenvalue weighted by molar-refractivity contribution is 0.280. The number of nitrogens with zero attached hydrogens (tertiary/aromatic N) is 1. The fourth-order valence-electron chi connectivity index (χ4n) is 2.29. The van der Waals surface area contributed by atoms with E-state index < -0.39 is 0 Å². The number of methoxy groups -OCH3 is 4. The molecule has 0 aliphatic heterocycles. The minimum absolute atomic E-state index is 0.214. The Labute approximate surface area is 141 Å². The zero-order valence-electron chi connectivity index (χ0n) is 14.1. The van der Waals surface area contributed by atoms with E-state index in [2.05, 4.69) is 6.07 Å². The summed E-state index contributed by atoms with van der Waals surface area (Å²) in [7, 11) is 6.18. The molecule has 0 aliphatic rings.